The average molecular weight is 930 g/mol. The van der Waals surface area contributed by atoms with Gasteiger partial charge in [-0.1, -0.05) is 211 Å². The van der Waals surface area contributed by atoms with Crippen LogP contribution in [-0.2, 0) is 5.41 Å². The average Bonchev–Trinajstić information content (AvgIpc) is 4.05. The zero-order valence-corrected chi connectivity index (χ0v) is 41.3. The minimum absolute atomic E-state index is 0.270. The summed E-state index contributed by atoms with van der Waals surface area (Å²) in [6, 6.07) is 54.1. The Balaban J connectivity index is 1.00. The van der Waals surface area contributed by atoms with E-state index in [1.165, 1.54) is 33.4 Å². The number of fused-ring (bicyclic) bond motifs is 3. The van der Waals surface area contributed by atoms with Crippen molar-refractivity contribution in [2.75, 3.05) is 4.90 Å². The fraction of sp³-hybridized carbons (Fsp3) is 0.0435. The van der Waals surface area contributed by atoms with Crippen molar-refractivity contribution >= 4 is 53.4 Å². The van der Waals surface area contributed by atoms with Crippen LogP contribution in [0.15, 0.2) is 258 Å². The highest BCUT2D eigenvalue weighted by Gasteiger charge is 2.36. The molecule has 6 aromatic carbocycles. The minimum atomic E-state index is -0.270. The third-order valence-corrected chi connectivity index (χ3v) is 13.4. The molecule has 350 valence electrons. The van der Waals surface area contributed by atoms with Crippen LogP contribution < -0.4 is 15.5 Å². The smallest absolute Gasteiger partial charge is 0.0462 e. The standard InChI is InChI=1S/C69H59N3/c1-9-13-23-52-45-62(72(48-52)61-39-37-60(38-40-61)71-49-58(24-14-10-2)64(22-11-3)51(71)6)34-30-50(5)57-33-42-65-66-43-41-63(47-68(66)69(7,8)67(65)46-57)70(44-21-29-53(12-4)54-25-17-15-18-26-54)59-35-31-56(32-36-59)55-27-19-16-20-28-55/h9-49H,1-6H2,7-8H3/b23-13-,24-14-,34-30-,44-21+,53-29+,64-22+. The second-order valence-electron chi connectivity index (χ2n) is 18.3. The van der Waals surface area contributed by atoms with E-state index >= 15 is 0 Å². The van der Waals surface area contributed by atoms with Gasteiger partial charge in [0.25, 0.3) is 0 Å². The number of benzene rings is 6. The van der Waals surface area contributed by atoms with Crippen molar-refractivity contribution in [2.45, 2.75) is 19.3 Å². The molecule has 1 aliphatic carbocycles. The summed E-state index contributed by atoms with van der Waals surface area (Å²) in [5.74, 6) is 0. The molecule has 0 saturated carbocycles. The van der Waals surface area contributed by atoms with Crippen LogP contribution in [0.2, 0.25) is 0 Å². The van der Waals surface area contributed by atoms with Crippen molar-refractivity contribution in [3.05, 3.63) is 307 Å². The van der Waals surface area contributed by atoms with Crippen molar-refractivity contribution in [1.29, 1.82) is 0 Å². The largest absolute Gasteiger partial charge is 0.317 e. The Morgan fingerprint density at radius 3 is 1.88 bits per heavy atom. The molecular formula is C69H59N3. The molecule has 0 amide bonds. The van der Waals surface area contributed by atoms with Crippen LogP contribution in [-0.4, -0.2) is 9.13 Å². The molecule has 3 nitrogen and oxygen atoms in total. The quantitative estimate of drug-likeness (QED) is 0.0830. The fourth-order valence-electron chi connectivity index (χ4n) is 9.59. The SMILES string of the molecule is C=C/C=C\c1cc(/C=C\C(=C)c2ccc3c(c2)C(C)(C)c2cc(N(/C=C/C=C(\C=C)c4ccccc4)c4ccc(-c5ccccc5)cc4)ccc2-3)n(-c2ccc(-n3cc(/C=C\C=C)/c(=C/C=C)c3=C)cc2)c1. The summed E-state index contributed by atoms with van der Waals surface area (Å²) in [6.07, 6.45) is 32.2. The Hall–Kier alpha value is -9.18. The highest BCUT2D eigenvalue weighted by Crippen LogP contribution is 2.51. The third kappa shape index (κ3) is 9.83. The van der Waals surface area contributed by atoms with Gasteiger partial charge in [-0.15, -0.1) is 0 Å². The molecule has 2 heterocycles. The minimum Gasteiger partial charge on any atom is -0.317 e. The highest BCUT2D eigenvalue weighted by molar-refractivity contribution is 5.87. The van der Waals surface area contributed by atoms with Crippen LogP contribution in [0.5, 0.6) is 0 Å². The molecule has 0 aliphatic heterocycles. The van der Waals surface area contributed by atoms with Crippen LogP contribution in [0.4, 0.5) is 11.4 Å². The normalized spacial score (nSPS) is 13.2. The molecule has 0 N–H and O–H groups in total. The first-order chi connectivity index (χ1) is 35.1. The van der Waals surface area contributed by atoms with Gasteiger partial charge in [0.2, 0.25) is 0 Å². The first-order valence-electron chi connectivity index (χ1n) is 24.2. The van der Waals surface area contributed by atoms with E-state index in [9.17, 15) is 0 Å². The fourth-order valence-corrected chi connectivity index (χ4v) is 9.59. The summed E-state index contributed by atoms with van der Waals surface area (Å²) in [4.78, 5) is 2.27. The van der Waals surface area contributed by atoms with Crippen LogP contribution in [0.25, 0.3) is 75.7 Å². The van der Waals surface area contributed by atoms with Gasteiger partial charge in [-0.3, -0.25) is 0 Å². The van der Waals surface area contributed by atoms with Crippen LogP contribution in [0, 0.1) is 0 Å². The molecule has 8 aromatic rings. The molecule has 3 heteroatoms. The highest BCUT2D eigenvalue weighted by atomic mass is 15.1. The van der Waals surface area contributed by atoms with Gasteiger partial charge in [0.1, 0.15) is 0 Å². The number of rotatable bonds is 17. The van der Waals surface area contributed by atoms with Crippen LogP contribution >= 0.6 is 0 Å². The lowest BCUT2D eigenvalue weighted by Crippen LogP contribution is -2.27. The monoisotopic (exact) mass is 929 g/mol. The Morgan fingerprint density at radius 2 is 1.19 bits per heavy atom. The first-order valence-corrected chi connectivity index (χ1v) is 24.2. The molecule has 0 saturated heterocycles. The number of anilines is 2. The molecule has 9 rings (SSSR count). The van der Waals surface area contributed by atoms with Gasteiger partial charge < -0.3 is 14.0 Å². The maximum absolute atomic E-state index is 4.60. The maximum atomic E-state index is 4.60. The number of nitrogens with zero attached hydrogens (tertiary/aromatic N) is 3. The number of hydrogen-bond donors (Lipinski definition) is 0. The van der Waals surface area contributed by atoms with Gasteiger partial charge in [0.05, 0.1) is 0 Å². The zero-order valence-electron chi connectivity index (χ0n) is 41.3. The van der Waals surface area contributed by atoms with E-state index in [0.29, 0.717) is 0 Å². The van der Waals surface area contributed by atoms with E-state index in [-0.39, 0.29) is 5.41 Å². The van der Waals surface area contributed by atoms with Gasteiger partial charge in [0.15, 0.2) is 0 Å². The third-order valence-electron chi connectivity index (χ3n) is 13.4. The van der Waals surface area contributed by atoms with Gasteiger partial charge >= 0.3 is 0 Å². The van der Waals surface area contributed by atoms with Crippen molar-refractivity contribution in [2.24, 2.45) is 0 Å². The Labute approximate surface area is 425 Å². The molecule has 0 bridgehead atoms. The van der Waals surface area contributed by atoms with Gasteiger partial charge in [0, 0.05) is 68.6 Å². The maximum Gasteiger partial charge on any atom is 0.0462 e. The van der Waals surface area contributed by atoms with Crippen LogP contribution in [0.3, 0.4) is 0 Å². The van der Waals surface area contributed by atoms with E-state index < -0.39 is 0 Å². The molecule has 1 aliphatic rings. The van der Waals surface area contributed by atoms with Gasteiger partial charge in [-0.05, 0) is 134 Å². The summed E-state index contributed by atoms with van der Waals surface area (Å²) in [6.45, 7) is 29.4. The molecule has 72 heavy (non-hydrogen) atoms. The summed E-state index contributed by atoms with van der Waals surface area (Å²) in [7, 11) is 0. The van der Waals surface area contributed by atoms with E-state index in [1.807, 2.05) is 36.4 Å². The van der Waals surface area contributed by atoms with Gasteiger partial charge in [-0.25, -0.2) is 0 Å². The Kier molecular flexibility index (Phi) is 14.1. The second-order valence-corrected chi connectivity index (χ2v) is 18.3. The Bertz CT molecular complexity index is 3620. The summed E-state index contributed by atoms with van der Waals surface area (Å²) < 4.78 is 4.32. The molecule has 0 spiro atoms. The van der Waals surface area contributed by atoms with Crippen molar-refractivity contribution in [1.82, 2.24) is 9.13 Å². The van der Waals surface area contributed by atoms with Crippen molar-refractivity contribution in [3.63, 3.8) is 0 Å². The zero-order chi connectivity index (χ0) is 50.2. The lowest BCUT2D eigenvalue weighted by molar-refractivity contribution is 0.660. The van der Waals surface area contributed by atoms with E-state index in [4.69, 9.17) is 0 Å². The number of aromatic nitrogens is 2. The lowest BCUT2D eigenvalue weighted by Gasteiger charge is -2.26. The number of hydrogen-bond acceptors (Lipinski definition) is 1. The Morgan fingerprint density at radius 1 is 0.569 bits per heavy atom. The molecule has 0 fully saturated rings. The first kappa shape index (κ1) is 47.9. The predicted octanol–water partition coefficient (Wildman–Crippen LogP) is 16.7. The second kappa shape index (κ2) is 21.2. The predicted molar refractivity (Wildman–Crippen MR) is 313 cm³/mol. The lowest BCUT2D eigenvalue weighted by atomic mass is 9.81. The van der Waals surface area contributed by atoms with Crippen molar-refractivity contribution in [3.8, 4) is 33.6 Å². The van der Waals surface area contributed by atoms with E-state index in [2.05, 4.69) is 262 Å². The van der Waals surface area contributed by atoms with E-state index in [1.54, 1.807) is 18.2 Å². The molecule has 0 radical (unpaired) electrons. The molecule has 0 atom stereocenters. The summed E-state index contributed by atoms with van der Waals surface area (Å²) in [5, 5.41) is 1.92. The van der Waals surface area contributed by atoms with Gasteiger partial charge in [-0.2, -0.15) is 0 Å². The number of allylic oxidation sites excluding steroid dienone is 11. The van der Waals surface area contributed by atoms with Crippen molar-refractivity contribution < 1.29 is 0 Å². The molecular weight excluding hydrogens is 871 g/mol. The molecule has 2 aromatic heterocycles. The van der Waals surface area contributed by atoms with E-state index in [0.717, 1.165) is 72.4 Å². The van der Waals surface area contributed by atoms with Crippen LogP contribution in [0.1, 0.15) is 52.9 Å². The summed E-state index contributed by atoms with van der Waals surface area (Å²) >= 11 is 0. The molecule has 0 unspecified atom stereocenters. The topological polar surface area (TPSA) is 13.1 Å². The summed E-state index contributed by atoms with van der Waals surface area (Å²) in [5.41, 5.74) is 18.7.